The molecule has 5 atom stereocenters. The van der Waals surface area contributed by atoms with Crippen LogP contribution in [0.1, 0.15) is 54.2 Å². The molecule has 6 rings (SSSR count). The first kappa shape index (κ1) is 42.4. The lowest BCUT2D eigenvalue weighted by Gasteiger charge is -2.50. The summed E-state index contributed by atoms with van der Waals surface area (Å²) in [7, 11) is -0.501. The first-order valence-electron chi connectivity index (χ1n) is 19.8. The van der Waals surface area contributed by atoms with Gasteiger partial charge in [0.15, 0.2) is 8.32 Å². The Labute approximate surface area is 339 Å². The van der Waals surface area contributed by atoms with Crippen molar-refractivity contribution in [1.29, 1.82) is 0 Å². The van der Waals surface area contributed by atoms with Crippen LogP contribution in [-0.2, 0) is 66.9 Å². The lowest BCUT2D eigenvalue weighted by Crippen LogP contribution is -2.65. The summed E-state index contributed by atoms with van der Waals surface area (Å²) in [4.78, 5) is 0. The predicted octanol–water partition coefficient (Wildman–Crippen LogP) is 9.73. The normalized spacial score (nSPS) is 21.3. The second-order valence-corrected chi connectivity index (χ2v) is 21.0. The molecule has 1 N–H and O–H groups in total. The summed E-state index contributed by atoms with van der Waals surface area (Å²) in [6.45, 7) is 12.6. The van der Waals surface area contributed by atoms with Crippen molar-refractivity contribution in [3.8, 4) is 5.75 Å². The van der Waals surface area contributed by atoms with Crippen molar-refractivity contribution in [1.82, 2.24) is 0 Å². The van der Waals surface area contributed by atoms with Crippen LogP contribution >= 0.6 is 0 Å². The van der Waals surface area contributed by atoms with Crippen LogP contribution in [0.5, 0.6) is 5.75 Å². The van der Waals surface area contributed by atoms with Gasteiger partial charge in [-0.25, -0.2) is 0 Å². The third-order valence-electron chi connectivity index (χ3n) is 11.0. The van der Waals surface area contributed by atoms with Gasteiger partial charge in [0.25, 0.3) is 0 Å². The highest BCUT2D eigenvalue weighted by atomic mass is 28.4. The predicted molar refractivity (Wildman–Crippen MR) is 225 cm³/mol. The molecule has 1 fully saturated rings. The Morgan fingerprint density at radius 3 is 1.58 bits per heavy atom. The van der Waals surface area contributed by atoms with Crippen LogP contribution in [0.15, 0.2) is 140 Å². The summed E-state index contributed by atoms with van der Waals surface area (Å²) in [6, 6.07) is 45.4. The molecule has 57 heavy (non-hydrogen) atoms. The fourth-order valence-corrected chi connectivity index (χ4v) is 7.62. The Morgan fingerprint density at radius 2 is 1.09 bits per heavy atom. The van der Waals surface area contributed by atoms with Crippen molar-refractivity contribution in [2.45, 2.75) is 102 Å². The van der Waals surface area contributed by atoms with Gasteiger partial charge in [0.1, 0.15) is 30.2 Å². The van der Waals surface area contributed by atoms with Gasteiger partial charge in [0.05, 0.1) is 46.8 Å². The summed E-state index contributed by atoms with van der Waals surface area (Å²) in [6.07, 6.45) is -3.33. The van der Waals surface area contributed by atoms with E-state index >= 15 is 0 Å². The molecule has 302 valence electrons. The molecule has 5 aromatic carbocycles. The third kappa shape index (κ3) is 11.1. The molecule has 9 heteroatoms. The number of benzene rings is 5. The number of ether oxygens (including phenoxy) is 6. The Hall–Kier alpha value is -4.16. The zero-order valence-electron chi connectivity index (χ0n) is 34.1. The van der Waals surface area contributed by atoms with Crippen LogP contribution < -0.4 is 4.74 Å². The monoisotopic (exact) mass is 790 g/mol. The molecule has 0 aliphatic carbocycles. The average molecular weight is 791 g/mol. The van der Waals surface area contributed by atoms with E-state index in [1.165, 1.54) is 0 Å². The Kier molecular flexibility index (Phi) is 14.5. The van der Waals surface area contributed by atoms with E-state index in [0.717, 1.165) is 27.8 Å². The molecule has 1 heterocycles. The zero-order valence-corrected chi connectivity index (χ0v) is 35.1. The summed E-state index contributed by atoms with van der Waals surface area (Å²) < 4.78 is 46.4. The minimum absolute atomic E-state index is 0.00392. The first-order chi connectivity index (χ1) is 27.5. The quantitative estimate of drug-likeness (QED) is 0.0879. The van der Waals surface area contributed by atoms with Crippen molar-refractivity contribution in [2.24, 2.45) is 0 Å². The Morgan fingerprint density at radius 1 is 0.614 bits per heavy atom. The standard InChI is InChI=1S/C48H58O8Si/c1-47(2,3)57(5,6)55-34-40-29-41(27-28-42(40)50-4)48(49)46(54-33-39-25-17-10-18-26-39)45(53-32-38-23-15-9-16-24-38)44(52-31-37-21-13-8-14-22-37)43(56-48)35-51-30-36-19-11-7-12-20-36/h7-29,43-46,49H,30-35H2,1-6H3/t43-,44-,45+,46-,48?/m1/s1. The van der Waals surface area contributed by atoms with Crippen LogP contribution in [-0.4, -0.2) is 51.6 Å². The minimum atomic E-state index is -2.14. The summed E-state index contributed by atoms with van der Waals surface area (Å²) in [5.74, 6) is -1.36. The molecule has 5 aromatic rings. The molecular weight excluding hydrogens is 733 g/mol. The van der Waals surface area contributed by atoms with Gasteiger partial charge in [-0.2, -0.15) is 0 Å². The van der Waals surface area contributed by atoms with E-state index in [9.17, 15) is 5.11 Å². The molecule has 0 radical (unpaired) electrons. The second-order valence-electron chi connectivity index (χ2n) is 16.2. The van der Waals surface area contributed by atoms with Crippen LogP contribution in [0.2, 0.25) is 18.1 Å². The molecule has 8 nitrogen and oxygen atoms in total. The largest absolute Gasteiger partial charge is 0.496 e. The van der Waals surface area contributed by atoms with Crippen molar-refractivity contribution in [3.63, 3.8) is 0 Å². The molecule has 0 spiro atoms. The maximum absolute atomic E-state index is 13.3. The third-order valence-corrected chi connectivity index (χ3v) is 15.5. The second kappa shape index (κ2) is 19.5. The maximum atomic E-state index is 13.3. The number of methoxy groups -OCH3 is 1. The molecule has 1 unspecified atom stereocenters. The Balaban J connectivity index is 1.43. The fraction of sp³-hybridized carbons (Fsp3) is 0.375. The molecule has 0 amide bonds. The Bertz CT molecular complexity index is 1940. The summed E-state index contributed by atoms with van der Waals surface area (Å²) in [5.41, 5.74) is 5.20. The lowest BCUT2D eigenvalue weighted by molar-refractivity contribution is -0.378. The van der Waals surface area contributed by atoms with Crippen LogP contribution in [0, 0.1) is 0 Å². The highest BCUT2D eigenvalue weighted by molar-refractivity contribution is 6.74. The SMILES string of the molecule is COc1ccc(C2(O)O[C@H](COCc3ccccc3)[C@@H](OCc3ccccc3)[C@H](OCc3ccccc3)[C@H]2OCc2ccccc2)cc1CO[Si](C)(C)C(C)(C)C. The summed E-state index contributed by atoms with van der Waals surface area (Å²) >= 11 is 0. The smallest absolute Gasteiger partial charge is 0.222 e. The van der Waals surface area contributed by atoms with E-state index in [2.05, 4.69) is 33.9 Å². The van der Waals surface area contributed by atoms with Gasteiger partial charge in [-0.1, -0.05) is 142 Å². The lowest BCUT2D eigenvalue weighted by atomic mass is 9.86. The molecule has 1 aliphatic heterocycles. The molecule has 0 saturated carbocycles. The summed E-state index contributed by atoms with van der Waals surface area (Å²) in [5, 5.41) is 13.3. The van der Waals surface area contributed by atoms with E-state index in [0.29, 0.717) is 24.5 Å². The van der Waals surface area contributed by atoms with Crippen molar-refractivity contribution in [2.75, 3.05) is 13.7 Å². The van der Waals surface area contributed by atoms with E-state index in [1.54, 1.807) is 7.11 Å². The van der Waals surface area contributed by atoms with Crippen molar-refractivity contribution in [3.05, 3.63) is 173 Å². The number of hydrogen-bond acceptors (Lipinski definition) is 8. The van der Waals surface area contributed by atoms with Crippen molar-refractivity contribution < 1.29 is 38.0 Å². The molecule has 1 aliphatic rings. The van der Waals surface area contributed by atoms with Crippen LogP contribution in [0.25, 0.3) is 0 Å². The molecule has 0 aromatic heterocycles. The average Bonchev–Trinajstić information content (AvgIpc) is 3.22. The van der Waals surface area contributed by atoms with Gasteiger partial charge in [-0.15, -0.1) is 0 Å². The van der Waals surface area contributed by atoms with E-state index in [1.807, 2.05) is 140 Å². The topological polar surface area (TPSA) is 84.8 Å². The highest BCUT2D eigenvalue weighted by Crippen LogP contribution is 2.43. The van der Waals surface area contributed by atoms with E-state index in [-0.39, 0.29) is 31.5 Å². The van der Waals surface area contributed by atoms with E-state index in [4.69, 9.17) is 32.8 Å². The van der Waals surface area contributed by atoms with Crippen molar-refractivity contribution >= 4 is 8.32 Å². The minimum Gasteiger partial charge on any atom is -0.496 e. The van der Waals surface area contributed by atoms with E-state index < -0.39 is 38.5 Å². The highest BCUT2D eigenvalue weighted by Gasteiger charge is 2.57. The van der Waals surface area contributed by atoms with Gasteiger partial charge in [-0.05, 0) is 58.6 Å². The van der Waals surface area contributed by atoms with Crippen LogP contribution in [0.3, 0.4) is 0 Å². The van der Waals surface area contributed by atoms with Gasteiger partial charge in [-0.3, -0.25) is 0 Å². The number of aliphatic hydroxyl groups is 1. The molecule has 1 saturated heterocycles. The number of rotatable bonds is 18. The molecule has 0 bridgehead atoms. The van der Waals surface area contributed by atoms with Gasteiger partial charge in [0, 0.05) is 11.1 Å². The fourth-order valence-electron chi connectivity index (χ4n) is 6.67. The van der Waals surface area contributed by atoms with Gasteiger partial charge >= 0.3 is 0 Å². The molecular formula is C48H58O8Si. The van der Waals surface area contributed by atoms with Gasteiger partial charge < -0.3 is 38.0 Å². The first-order valence-corrected chi connectivity index (χ1v) is 22.7. The maximum Gasteiger partial charge on any atom is 0.222 e. The van der Waals surface area contributed by atoms with Gasteiger partial charge in [0.2, 0.25) is 5.79 Å². The van der Waals surface area contributed by atoms with Crippen LogP contribution in [0.4, 0.5) is 0 Å². The number of hydrogen-bond donors (Lipinski definition) is 1. The zero-order chi connectivity index (χ0) is 40.3.